The number of rotatable bonds is 4. The van der Waals surface area contributed by atoms with Gasteiger partial charge in [-0.05, 0) is 25.7 Å². The van der Waals surface area contributed by atoms with Gasteiger partial charge >= 0.3 is 0 Å². The third-order valence-electron chi connectivity index (χ3n) is 3.37. The van der Waals surface area contributed by atoms with Gasteiger partial charge in [-0.1, -0.05) is 5.21 Å². The molecule has 3 rings (SSSR count). The van der Waals surface area contributed by atoms with E-state index in [2.05, 4.69) is 10.3 Å². The second-order valence-electron chi connectivity index (χ2n) is 4.78. The van der Waals surface area contributed by atoms with Crippen molar-refractivity contribution < 1.29 is 9.53 Å². The number of amides is 1. The Balaban J connectivity index is 1.85. The molecule has 6 heteroatoms. The molecule has 1 saturated heterocycles. The highest BCUT2D eigenvalue weighted by molar-refractivity contribution is 5.92. The van der Waals surface area contributed by atoms with Crippen LogP contribution >= 0.6 is 0 Å². The van der Waals surface area contributed by atoms with Crippen molar-refractivity contribution in [2.75, 3.05) is 6.61 Å². The molecule has 0 aromatic carbocycles. The molecule has 6 nitrogen and oxygen atoms in total. The maximum absolute atomic E-state index is 11.3. The van der Waals surface area contributed by atoms with E-state index in [1.165, 1.54) is 0 Å². The van der Waals surface area contributed by atoms with Gasteiger partial charge in [-0.2, -0.15) is 0 Å². The summed E-state index contributed by atoms with van der Waals surface area (Å²) in [5, 5.41) is 7.95. The van der Waals surface area contributed by atoms with Gasteiger partial charge in [-0.3, -0.25) is 4.79 Å². The fraction of sp³-hybridized carbons (Fsp3) is 0.727. The number of primary amides is 1. The van der Waals surface area contributed by atoms with Crippen LogP contribution in [0.4, 0.5) is 0 Å². The van der Waals surface area contributed by atoms with E-state index in [1.807, 2.05) is 4.68 Å². The van der Waals surface area contributed by atoms with Crippen LogP contribution in [0.5, 0.6) is 0 Å². The van der Waals surface area contributed by atoms with Crippen molar-refractivity contribution in [1.82, 2.24) is 15.0 Å². The molecule has 1 aliphatic heterocycles. The van der Waals surface area contributed by atoms with Crippen LogP contribution in [0.25, 0.3) is 0 Å². The Morgan fingerprint density at radius 2 is 2.29 bits per heavy atom. The van der Waals surface area contributed by atoms with Gasteiger partial charge in [0, 0.05) is 12.5 Å². The van der Waals surface area contributed by atoms with E-state index in [1.54, 1.807) is 0 Å². The van der Waals surface area contributed by atoms with Crippen molar-refractivity contribution in [2.45, 2.75) is 44.2 Å². The number of hydrogen-bond acceptors (Lipinski definition) is 4. The van der Waals surface area contributed by atoms with Gasteiger partial charge in [0.1, 0.15) is 0 Å². The van der Waals surface area contributed by atoms with E-state index in [0.717, 1.165) is 38.0 Å². The zero-order valence-electron chi connectivity index (χ0n) is 9.63. The summed E-state index contributed by atoms with van der Waals surface area (Å²) >= 11 is 0. The standard InChI is InChI=1S/C11H16N4O2/c12-11(16)9-10(7-3-4-7)15(14-13-9)6-8-2-1-5-17-8/h7-8H,1-6H2,(H2,12,16). The minimum absolute atomic E-state index is 0.204. The van der Waals surface area contributed by atoms with Crippen LogP contribution in [0.2, 0.25) is 0 Å². The summed E-state index contributed by atoms with van der Waals surface area (Å²) in [6.45, 7) is 1.51. The van der Waals surface area contributed by atoms with Gasteiger partial charge in [0.25, 0.3) is 5.91 Å². The quantitative estimate of drug-likeness (QED) is 0.822. The highest BCUT2D eigenvalue weighted by Gasteiger charge is 2.33. The van der Waals surface area contributed by atoms with Crippen molar-refractivity contribution in [1.29, 1.82) is 0 Å². The molecule has 1 aromatic rings. The van der Waals surface area contributed by atoms with Crippen LogP contribution in [-0.4, -0.2) is 33.6 Å². The Labute approximate surface area is 99.1 Å². The molecule has 2 fully saturated rings. The van der Waals surface area contributed by atoms with Crippen molar-refractivity contribution in [3.63, 3.8) is 0 Å². The lowest BCUT2D eigenvalue weighted by Gasteiger charge is -2.11. The van der Waals surface area contributed by atoms with Gasteiger partial charge in [0.2, 0.25) is 0 Å². The summed E-state index contributed by atoms with van der Waals surface area (Å²) in [5.41, 5.74) is 6.56. The molecule has 1 saturated carbocycles. The molecule has 1 amide bonds. The van der Waals surface area contributed by atoms with Gasteiger partial charge in [-0.15, -0.1) is 5.10 Å². The fourth-order valence-electron chi connectivity index (χ4n) is 2.37. The van der Waals surface area contributed by atoms with Gasteiger partial charge in [-0.25, -0.2) is 4.68 Å². The average Bonchev–Trinajstić information content (AvgIpc) is 2.85. The summed E-state index contributed by atoms with van der Waals surface area (Å²) in [5.74, 6) is -0.0700. The Kier molecular flexibility index (Phi) is 2.58. The van der Waals surface area contributed by atoms with Crippen molar-refractivity contribution in [2.24, 2.45) is 5.73 Å². The average molecular weight is 236 g/mol. The molecule has 92 valence electrons. The van der Waals surface area contributed by atoms with E-state index in [9.17, 15) is 4.79 Å². The maximum atomic E-state index is 11.3. The van der Waals surface area contributed by atoms with Crippen LogP contribution < -0.4 is 5.73 Å². The van der Waals surface area contributed by atoms with Gasteiger partial charge < -0.3 is 10.5 Å². The molecular formula is C11H16N4O2. The van der Waals surface area contributed by atoms with E-state index in [-0.39, 0.29) is 6.10 Å². The zero-order chi connectivity index (χ0) is 11.8. The number of carbonyl (C=O) groups is 1. The van der Waals surface area contributed by atoms with Crippen LogP contribution in [0.15, 0.2) is 0 Å². The number of nitrogens with two attached hydrogens (primary N) is 1. The number of nitrogens with zero attached hydrogens (tertiary/aromatic N) is 3. The lowest BCUT2D eigenvalue weighted by molar-refractivity contribution is 0.0925. The summed E-state index contributed by atoms with van der Waals surface area (Å²) in [4.78, 5) is 11.3. The Morgan fingerprint density at radius 3 is 2.88 bits per heavy atom. The molecule has 2 aliphatic rings. The Bertz CT molecular complexity index is 433. The fourth-order valence-corrected chi connectivity index (χ4v) is 2.37. The topological polar surface area (TPSA) is 83.0 Å². The molecule has 1 aliphatic carbocycles. The summed E-state index contributed by atoms with van der Waals surface area (Å²) < 4.78 is 7.39. The van der Waals surface area contributed by atoms with E-state index in [4.69, 9.17) is 10.5 Å². The van der Waals surface area contributed by atoms with Crippen molar-refractivity contribution in [3.8, 4) is 0 Å². The van der Waals surface area contributed by atoms with Crippen LogP contribution in [0.1, 0.15) is 47.8 Å². The second kappa shape index (κ2) is 4.10. The Morgan fingerprint density at radius 1 is 1.47 bits per heavy atom. The molecular weight excluding hydrogens is 220 g/mol. The molecule has 1 atom stereocenters. The molecule has 1 aromatic heterocycles. The third kappa shape index (κ3) is 2.04. The predicted octanol–water partition coefficient (Wildman–Crippen LogP) is 0.433. The first-order valence-corrected chi connectivity index (χ1v) is 6.10. The van der Waals surface area contributed by atoms with Gasteiger partial charge in [0.15, 0.2) is 5.69 Å². The smallest absolute Gasteiger partial charge is 0.271 e. The number of carbonyl (C=O) groups excluding carboxylic acids is 1. The number of aromatic nitrogens is 3. The van der Waals surface area contributed by atoms with E-state index < -0.39 is 5.91 Å². The summed E-state index contributed by atoms with van der Waals surface area (Å²) in [6, 6.07) is 0. The largest absolute Gasteiger partial charge is 0.376 e. The lowest BCUT2D eigenvalue weighted by Crippen LogP contribution is -2.19. The van der Waals surface area contributed by atoms with Gasteiger partial charge in [0.05, 0.1) is 18.3 Å². The maximum Gasteiger partial charge on any atom is 0.271 e. The first kappa shape index (κ1) is 10.7. The Hall–Kier alpha value is -1.43. The first-order chi connectivity index (χ1) is 8.25. The molecule has 0 spiro atoms. The predicted molar refractivity (Wildman–Crippen MR) is 59.5 cm³/mol. The zero-order valence-corrected chi connectivity index (χ0v) is 9.63. The van der Waals surface area contributed by atoms with E-state index in [0.29, 0.717) is 18.2 Å². The molecule has 2 heterocycles. The summed E-state index contributed by atoms with van der Waals surface area (Å²) in [7, 11) is 0. The molecule has 1 unspecified atom stereocenters. The van der Waals surface area contributed by atoms with Crippen molar-refractivity contribution in [3.05, 3.63) is 11.4 Å². The molecule has 2 N–H and O–H groups in total. The number of ether oxygens (including phenoxy) is 1. The lowest BCUT2D eigenvalue weighted by atomic mass is 10.2. The summed E-state index contributed by atoms with van der Waals surface area (Å²) in [6.07, 6.45) is 4.55. The minimum Gasteiger partial charge on any atom is -0.376 e. The van der Waals surface area contributed by atoms with Crippen LogP contribution in [0, 0.1) is 0 Å². The highest BCUT2D eigenvalue weighted by atomic mass is 16.5. The second-order valence-corrected chi connectivity index (χ2v) is 4.78. The minimum atomic E-state index is -0.481. The highest BCUT2D eigenvalue weighted by Crippen LogP contribution is 2.41. The number of hydrogen-bond donors (Lipinski definition) is 1. The van der Waals surface area contributed by atoms with Crippen molar-refractivity contribution >= 4 is 5.91 Å². The molecule has 0 radical (unpaired) electrons. The third-order valence-corrected chi connectivity index (χ3v) is 3.37. The van der Waals surface area contributed by atoms with Crippen LogP contribution in [-0.2, 0) is 11.3 Å². The monoisotopic (exact) mass is 236 g/mol. The first-order valence-electron chi connectivity index (χ1n) is 6.10. The molecule has 17 heavy (non-hydrogen) atoms. The van der Waals surface area contributed by atoms with E-state index >= 15 is 0 Å². The SMILES string of the molecule is NC(=O)c1nnn(CC2CCCO2)c1C1CC1. The van der Waals surface area contributed by atoms with Crippen LogP contribution in [0.3, 0.4) is 0 Å². The molecule has 0 bridgehead atoms. The normalized spacial score (nSPS) is 24.1.